The summed E-state index contributed by atoms with van der Waals surface area (Å²) in [7, 11) is 0. The Morgan fingerprint density at radius 2 is 1.96 bits per heavy atom. The summed E-state index contributed by atoms with van der Waals surface area (Å²) in [5.74, 6) is 0.905. The van der Waals surface area contributed by atoms with Gasteiger partial charge in [-0.05, 0) is 57.1 Å². The van der Waals surface area contributed by atoms with E-state index in [4.69, 9.17) is 4.42 Å². The fourth-order valence-electron chi connectivity index (χ4n) is 2.95. The van der Waals surface area contributed by atoms with Gasteiger partial charge in [0.1, 0.15) is 5.76 Å². The summed E-state index contributed by atoms with van der Waals surface area (Å²) in [6, 6.07) is 11.5. The number of amides is 2. The van der Waals surface area contributed by atoms with Crippen LogP contribution in [0, 0.1) is 6.92 Å². The van der Waals surface area contributed by atoms with Crippen molar-refractivity contribution in [2.45, 2.75) is 25.8 Å². The molecule has 0 spiro atoms. The Morgan fingerprint density at radius 1 is 1.22 bits per heavy atom. The average Bonchev–Trinajstić information content (AvgIpc) is 3.24. The molecule has 1 aliphatic rings. The predicted molar refractivity (Wildman–Crippen MR) is 90.5 cm³/mol. The number of furan rings is 1. The Hall–Kier alpha value is -2.27. The first-order valence-electron chi connectivity index (χ1n) is 8.11. The molecule has 0 aliphatic carbocycles. The number of benzene rings is 1. The lowest BCUT2D eigenvalue weighted by atomic mass is 10.2. The number of hydrogen-bond acceptors (Lipinski definition) is 3. The number of rotatable bonds is 5. The number of likely N-dealkylation sites (tertiary alicyclic amines) is 1. The smallest absolute Gasteiger partial charge is 0.319 e. The first-order valence-corrected chi connectivity index (χ1v) is 8.11. The zero-order valence-electron chi connectivity index (χ0n) is 13.4. The van der Waals surface area contributed by atoms with E-state index in [0.717, 1.165) is 24.5 Å². The lowest BCUT2D eigenvalue weighted by Crippen LogP contribution is -2.38. The maximum absolute atomic E-state index is 12.1. The van der Waals surface area contributed by atoms with E-state index < -0.39 is 0 Å². The van der Waals surface area contributed by atoms with Crippen molar-refractivity contribution in [3.8, 4) is 0 Å². The minimum Gasteiger partial charge on any atom is -0.468 e. The molecular formula is C18H23N3O2. The molecular weight excluding hydrogens is 290 g/mol. The molecule has 122 valence electrons. The van der Waals surface area contributed by atoms with E-state index in [1.807, 2.05) is 43.3 Å². The van der Waals surface area contributed by atoms with Gasteiger partial charge >= 0.3 is 6.03 Å². The molecule has 1 aromatic heterocycles. The predicted octanol–water partition coefficient (Wildman–Crippen LogP) is 3.55. The van der Waals surface area contributed by atoms with Crippen molar-refractivity contribution >= 4 is 11.7 Å². The van der Waals surface area contributed by atoms with E-state index in [1.54, 1.807) is 6.26 Å². The van der Waals surface area contributed by atoms with Crippen LogP contribution in [0.4, 0.5) is 10.5 Å². The second-order valence-corrected chi connectivity index (χ2v) is 5.98. The van der Waals surface area contributed by atoms with Crippen LogP contribution >= 0.6 is 0 Å². The highest BCUT2D eigenvalue weighted by Gasteiger charge is 2.25. The molecule has 3 rings (SSSR count). The van der Waals surface area contributed by atoms with Crippen LogP contribution in [0.3, 0.4) is 0 Å². The van der Waals surface area contributed by atoms with E-state index >= 15 is 0 Å². The molecule has 1 unspecified atom stereocenters. The molecule has 0 bridgehead atoms. The molecule has 2 aromatic rings. The summed E-state index contributed by atoms with van der Waals surface area (Å²) >= 11 is 0. The van der Waals surface area contributed by atoms with Gasteiger partial charge < -0.3 is 15.1 Å². The van der Waals surface area contributed by atoms with Gasteiger partial charge in [0.25, 0.3) is 0 Å². The number of nitrogens with one attached hydrogen (secondary N) is 2. The minimum absolute atomic E-state index is 0.0938. The van der Waals surface area contributed by atoms with Crippen molar-refractivity contribution < 1.29 is 9.21 Å². The van der Waals surface area contributed by atoms with Gasteiger partial charge in [-0.3, -0.25) is 4.90 Å². The molecule has 2 heterocycles. The second-order valence-electron chi connectivity index (χ2n) is 5.98. The number of nitrogens with zero attached hydrogens (tertiary/aromatic N) is 1. The SMILES string of the molecule is Cc1ccc(NC(=O)NCC(c2ccco2)N2CCCC2)cc1. The van der Waals surface area contributed by atoms with Crippen LogP contribution in [0.5, 0.6) is 0 Å². The van der Waals surface area contributed by atoms with Crippen molar-refractivity contribution in [1.82, 2.24) is 10.2 Å². The highest BCUT2D eigenvalue weighted by Crippen LogP contribution is 2.24. The number of carbonyl (C=O) groups is 1. The fraction of sp³-hybridized carbons (Fsp3) is 0.389. The number of hydrogen-bond donors (Lipinski definition) is 2. The number of urea groups is 1. The van der Waals surface area contributed by atoms with Crippen molar-refractivity contribution in [1.29, 1.82) is 0 Å². The topological polar surface area (TPSA) is 57.5 Å². The van der Waals surface area contributed by atoms with Gasteiger partial charge in [-0.1, -0.05) is 17.7 Å². The van der Waals surface area contributed by atoms with Crippen molar-refractivity contribution in [3.05, 3.63) is 54.0 Å². The molecule has 0 radical (unpaired) electrons. The Labute approximate surface area is 136 Å². The molecule has 1 saturated heterocycles. The Balaban J connectivity index is 1.57. The minimum atomic E-state index is -0.190. The number of aryl methyl sites for hydroxylation is 1. The maximum atomic E-state index is 12.1. The summed E-state index contributed by atoms with van der Waals surface area (Å²) in [6.07, 6.45) is 4.09. The third kappa shape index (κ3) is 4.13. The Bertz CT molecular complexity index is 616. The van der Waals surface area contributed by atoms with Crippen molar-refractivity contribution in [2.24, 2.45) is 0 Å². The lowest BCUT2D eigenvalue weighted by molar-refractivity contribution is 0.207. The van der Waals surface area contributed by atoms with Crippen LogP contribution in [0.2, 0.25) is 0 Å². The van der Waals surface area contributed by atoms with Crippen LogP contribution in [-0.4, -0.2) is 30.6 Å². The van der Waals surface area contributed by atoms with E-state index in [2.05, 4.69) is 15.5 Å². The third-order valence-corrected chi connectivity index (χ3v) is 4.22. The lowest BCUT2D eigenvalue weighted by Gasteiger charge is -2.26. The van der Waals surface area contributed by atoms with Crippen LogP contribution in [0.25, 0.3) is 0 Å². The molecule has 1 aromatic carbocycles. The monoisotopic (exact) mass is 313 g/mol. The molecule has 2 amide bonds. The van der Waals surface area contributed by atoms with Crippen molar-refractivity contribution in [2.75, 3.05) is 25.0 Å². The number of anilines is 1. The summed E-state index contributed by atoms with van der Waals surface area (Å²) < 4.78 is 5.56. The highest BCUT2D eigenvalue weighted by molar-refractivity contribution is 5.89. The second kappa shape index (κ2) is 7.33. The van der Waals surface area contributed by atoms with E-state index in [9.17, 15) is 4.79 Å². The van der Waals surface area contributed by atoms with Crippen LogP contribution in [0.1, 0.15) is 30.2 Å². The molecule has 23 heavy (non-hydrogen) atoms. The largest absolute Gasteiger partial charge is 0.468 e. The summed E-state index contributed by atoms with van der Waals surface area (Å²) in [5.41, 5.74) is 1.96. The molecule has 1 aliphatic heterocycles. The zero-order chi connectivity index (χ0) is 16.1. The molecule has 0 saturated carbocycles. The first-order chi connectivity index (χ1) is 11.2. The third-order valence-electron chi connectivity index (χ3n) is 4.22. The van der Waals surface area contributed by atoms with E-state index in [0.29, 0.717) is 6.54 Å². The van der Waals surface area contributed by atoms with Gasteiger partial charge in [-0.2, -0.15) is 0 Å². The quantitative estimate of drug-likeness (QED) is 0.887. The van der Waals surface area contributed by atoms with Gasteiger partial charge in [-0.15, -0.1) is 0 Å². The fourth-order valence-corrected chi connectivity index (χ4v) is 2.95. The maximum Gasteiger partial charge on any atom is 0.319 e. The highest BCUT2D eigenvalue weighted by atomic mass is 16.3. The van der Waals surface area contributed by atoms with Crippen LogP contribution in [-0.2, 0) is 0 Å². The normalized spacial score (nSPS) is 16.2. The van der Waals surface area contributed by atoms with Crippen LogP contribution in [0.15, 0.2) is 47.1 Å². The molecule has 2 N–H and O–H groups in total. The van der Waals surface area contributed by atoms with E-state index in [1.165, 1.54) is 18.4 Å². The summed E-state index contributed by atoms with van der Waals surface area (Å²) in [4.78, 5) is 14.5. The average molecular weight is 313 g/mol. The van der Waals surface area contributed by atoms with Crippen molar-refractivity contribution in [3.63, 3.8) is 0 Å². The first kappa shape index (κ1) is 15.6. The van der Waals surface area contributed by atoms with E-state index in [-0.39, 0.29) is 12.1 Å². The van der Waals surface area contributed by atoms with Gasteiger partial charge in [0, 0.05) is 12.2 Å². The van der Waals surface area contributed by atoms with Gasteiger partial charge in [0.15, 0.2) is 0 Å². The zero-order valence-corrected chi connectivity index (χ0v) is 13.4. The Kier molecular flexibility index (Phi) is 4.98. The standard InChI is InChI=1S/C18H23N3O2/c1-14-6-8-15(9-7-14)20-18(22)19-13-16(17-5-4-12-23-17)21-10-2-3-11-21/h4-9,12,16H,2-3,10-11,13H2,1H3,(H2,19,20,22). The van der Waals surface area contributed by atoms with Gasteiger partial charge in [-0.25, -0.2) is 4.79 Å². The summed E-state index contributed by atoms with van der Waals surface area (Å²) in [5, 5.41) is 5.82. The molecule has 1 atom stereocenters. The molecule has 5 nitrogen and oxygen atoms in total. The summed E-state index contributed by atoms with van der Waals surface area (Å²) in [6.45, 7) is 4.65. The molecule has 1 fully saturated rings. The van der Waals surface area contributed by atoms with Crippen LogP contribution < -0.4 is 10.6 Å². The number of carbonyl (C=O) groups excluding carboxylic acids is 1. The Morgan fingerprint density at radius 3 is 2.61 bits per heavy atom. The van der Waals surface area contributed by atoms with Gasteiger partial charge in [0.05, 0.1) is 12.3 Å². The van der Waals surface area contributed by atoms with Gasteiger partial charge in [0.2, 0.25) is 0 Å². The molecule has 5 heteroatoms.